The minimum Gasteiger partial charge on any atom is -0.496 e. The summed E-state index contributed by atoms with van der Waals surface area (Å²) in [5.41, 5.74) is 3.44. The summed E-state index contributed by atoms with van der Waals surface area (Å²) in [7, 11) is 1.62. The number of rotatable bonds is 4. The Labute approximate surface area is 183 Å². The molecule has 0 unspecified atom stereocenters. The van der Waals surface area contributed by atoms with E-state index in [0.717, 1.165) is 19.4 Å². The van der Waals surface area contributed by atoms with Crippen molar-refractivity contribution in [1.29, 1.82) is 0 Å². The van der Waals surface area contributed by atoms with Crippen molar-refractivity contribution in [1.82, 2.24) is 4.98 Å². The minimum absolute atomic E-state index is 0.160. The van der Waals surface area contributed by atoms with Crippen LogP contribution in [0.3, 0.4) is 0 Å². The highest BCUT2D eigenvalue weighted by Gasteiger charge is 2.13. The molecule has 1 N–H and O–H groups in total. The van der Waals surface area contributed by atoms with Crippen LogP contribution in [-0.2, 0) is 0 Å². The van der Waals surface area contributed by atoms with Crippen LogP contribution in [0.4, 0.5) is 5.69 Å². The van der Waals surface area contributed by atoms with Gasteiger partial charge in [0.15, 0.2) is 5.58 Å². The van der Waals surface area contributed by atoms with Crippen molar-refractivity contribution < 1.29 is 13.9 Å². The third-order valence-electron chi connectivity index (χ3n) is 4.16. The predicted molar refractivity (Wildman–Crippen MR) is 121 cm³/mol. The predicted octanol–water partition coefficient (Wildman–Crippen LogP) is 6.12. The van der Waals surface area contributed by atoms with E-state index in [9.17, 15) is 4.79 Å². The van der Waals surface area contributed by atoms with Crippen LogP contribution in [0.1, 0.15) is 10.4 Å². The van der Waals surface area contributed by atoms with Crippen molar-refractivity contribution in [3.8, 4) is 17.2 Å². The molecule has 3 aromatic carbocycles. The third kappa shape index (κ3) is 3.77. The summed E-state index contributed by atoms with van der Waals surface area (Å²) in [5, 5.41) is 2.91. The largest absolute Gasteiger partial charge is 0.496 e. The quantitative estimate of drug-likeness (QED) is 0.312. The second-order valence-electron chi connectivity index (χ2n) is 5.98. The molecule has 0 aliphatic rings. The topological polar surface area (TPSA) is 64.4 Å². The number of carbonyl (C=O) groups is 1. The molecule has 0 aliphatic carbocycles. The van der Waals surface area contributed by atoms with Crippen LogP contribution in [0.5, 0.6) is 5.75 Å². The first-order valence-corrected chi connectivity index (χ1v) is 10.2. The number of anilines is 1. The Morgan fingerprint density at radius 1 is 1.14 bits per heavy atom. The Balaban J connectivity index is 1.62. The maximum Gasteiger partial charge on any atom is 0.256 e. The van der Waals surface area contributed by atoms with Crippen molar-refractivity contribution in [3.05, 3.63) is 74.3 Å². The van der Waals surface area contributed by atoms with Crippen LogP contribution in [0.2, 0.25) is 0 Å². The molecule has 1 amide bonds. The van der Waals surface area contributed by atoms with Crippen LogP contribution < -0.4 is 10.1 Å². The highest BCUT2D eigenvalue weighted by atomic mass is 127. The van der Waals surface area contributed by atoms with E-state index in [2.05, 4.69) is 48.8 Å². The number of benzene rings is 3. The fourth-order valence-corrected chi connectivity index (χ4v) is 3.94. The number of hydrogen-bond acceptors (Lipinski definition) is 4. The van der Waals surface area contributed by atoms with Crippen molar-refractivity contribution in [2.45, 2.75) is 0 Å². The Hall–Kier alpha value is -2.39. The van der Waals surface area contributed by atoms with Crippen molar-refractivity contribution in [3.63, 3.8) is 0 Å². The van der Waals surface area contributed by atoms with Gasteiger partial charge in [0, 0.05) is 14.8 Å². The van der Waals surface area contributed by atoms with Gasteiger partial charge >= 0.3 is 0 Å². The van der Waals surface area contributed by atoms with Gasteiger partial charge in [0.2, 0.25) is 5.89 Å². The smallest absolute Gasteiger partial charge is 0.256 e. The van der Waals surface area contributed by atoms with Gasteiger partial charge in [0.05, 0.1) is 17.1 Å². The molecule has 0 saturated carbocycles. The van der Waals surface area contributed by atoms with Gasteiger partial charge in [-0.05, 0) is 87.1 Å². The number of ether oxygens (including phenoxy) is 1. The molecular formula is C21H14BrIN2O3. The average molecular weight is 549 g/mol. The summed E-state index contributed by atoms with van der Waals surface area (Å²) in [6, 6.07) is 18.5. The standard InChI is InChI=1S/C21H14BrIN2O3/c1-27-18-8-6-12(10-15(18)22)21-25-17-11-13(7-9-19(17)28-21)24-20(26)14-4-2-3-5-16(14)23/h2-11H,1H3,(H,24,26). The van der Waals surface area contributed by atoms with Crippen LogP contribution in [0.25, 0.3) is 22.6 Å². The third-order valence-corrected chi connectivity index (χ3v) is 5.72. The zero-order chi connectivity index (χ0) is 19.7. The van der Waals surface area contributed by atoms with Crippen molar-refractivity contribution in [2.75, 3.05) is 12.4 Å². The molecule has 0 saturated heterocycles. The van der Waals surface area contributed by atoms with E-state index in [0.29, 0.717) is 28.2 Å². The summed E-state index contributed by atoms with van der Waals surface area (Å²) in [5.74, 6) is 1.08. The number of fused-ring (bicyclic) bond motifs is 1. The van der Waals surface area contributed by atoms with E-state index >= 15 is 0 Å². The summed E-state index contributed by atoms with van der Waals surface area (Å²) in [6.07, 6.45) is 0. The van der Waals surface area contributed by atoms with E-state index in [-0.39, 0.29) is 5.91 Å². The van der Waals surface area contributed by atoms with Crippen LogP contribution >= 0.6 is 38.5 Å². The number of carbonyl (C=O) groups excluding carboxylic acids is 1. The summed E-state index contributed by atoms with van der Waals surface area (Å²) in [6.45, 7) is 0. The first kappa shape index (κ1) is 18.9. The fraction of sp³-hybridized carbons (Fsp3) is 0.0476. The van der Waals surface area contributed by atoms with Gasteiger partial charge in [-0.1, -0.05) is 12.1 Å². The Morgan fingerprint density at radius 2 is 1.96 bits per heavy atom. The second-order valence-corrected chi connectivity index (χ2v) is 8.00. The van der Waals surface area contributed by atoms with Crippen LogP contribution in [-0.4, -0.2) is 18.0 Å². The van der Waals surface area contributed by atoms with Crippen LogP contribution in [0.15, 0.2) is 69.6 Å². The van der Waals surface area contributed by atoms with Crippen molar-refractivity contribution in [2.24, 2.45) is 0 Å². The SMILES string of the molecule is COc1ccc(-c2nc3cc(NC(=O)c4ccccc4I)ccc3o2)cc1Br. The molecule has 0 atom stereocenters. The van der Waals surface area contributed by atoms with Gasteiger partial charge in [0.1, 0.15) is 11.3 Å². The Morgan fingerprint density at radius 3 is 2.71 bits per heavy atom. The lowest BCUT2D eigenvalue weighted by Gasteiger charge is -2.06. The molecule has 140 valence electrons. The second kappa shape index (κ2) is 7.92. The number of hydrogen-bond donors (Lipinski definition) is 1. The van der Waals surface area contributed by atoms with E-state index in [1.54, 1.807) is 31.4 Å². The maximum absolute atomic E-state index is 12.5. The van der Waals surface area contributed by atoms with Gasteiger partial charge in [0.25, 0.3) is 5.91 Å². The molecule has 0 radical (unpaired) electrons. The minimum atomic E-state index is -0.160. The van der Waals surface area contributed by atoms with Gasteiger partial charge in [-0.2, -0.15) is 0 Å². The van der Waals surface area contributed by atoms with E-state index in [1.165, 1.54) is 0 Å². The number of amides is 1. The van der Waals surface area contributed by atoms with E-state index in [1.807, 2.05) is 36.4 Å². The molecule has 0 fully saturated rings. The monoisotopic (exact) mass is 548 g/mol. The average Bonchev–Trinajstić information content (AvgIpc) is 3.11. The number of nitrogens with zero attached hydrogens (tertiary/aromatic N) is 1. The van der Waals surface area contributed by atoms with Gasteiger partial charge in [-0.25, -0.2) is 4.98 Å². The number of nitrogens with one attached hydrogen (secondary N) is 1. The molecule has 28 heavy (non-hydrogen) atoms. The molecule has 0 aliphatic heterocycles. The summed E-state index contributed by atoms with van der Waals surface area (Å²) >= 11 is 5.62. The van der Waals surface area contributed by atoms with Gasteiger partial charge < -0.3 is 14.5 Å². The highest BCUT2D eigenvalue weighted by molar-refractivity contribution is 14.1. The number of halogens is 2. The number of methoxy groups -OCH3 is 1. The molecule has 0 spiro atoms. The molecule has 5 nitrogen and oxygen atoms in total. The van der Waals surface area contributed by atoms with E-state index < -0.39 is 0 Å². The lowest BCUT2D eigenvalue weighted by atomic mass is 10.2. The zero-order valence-electron chi connectivity index (χ0n) is 14.7. The molecule has 4 aromatic rings. The summed E-state index contributed by atoms with van der Waals surface area (Å²) in [4.78, 5) is 17.1. The number of oxazole rings is 1. The maximum atomic E-state index is 12.5. The van der Waals surface area contributed by atoms with E-state index in [4.69, 9.17) is 9.15 Å². The lowest BCUT2D eigenvalue weighted by molar-refractivity contribution is 0.102. The summed E-state index contributed by atoms with van der Waals surface area (Å²) < 4.78 is 12.8. The van der Waals surface area contributed by atoms with Crippen LogP contribution in [0, 0.1) is 3.57 Å². The lowest BCUT2D eigenvalue weighted by Crippen LogP contribution is -2.13. The van der Waals surface area contributed by atoms with Gasteiger partial charge in [-0.15, -0.1) is 0 Å². The Bertz CT molecular complexity index is 1190. The first-order valence-electron chi connectivity index (χ1n) is 8.35. The molecule has 7 heteroatoms. The first-order chi connectivity index (χ1) is 13.5. The molecule has 4 rings (SSSR count). The zero-order valence-corrected chi connectivity index (χ0v) is 18.4. The molecular weight excluding hydrogens is 535 g/mol. The normalized spacial score (nSPS) is 10.8. The molecule has 1 aromatic heterocycles. The van der Waals surface area contributed by atoms with Crippen molar-refractivity contribution >= 4 is 61.2 Å². The highest BCUT2D eigenvalue weighted by Crippen LogP contribution is 2.32. The van der Waals surface area contributed by atoms with Gasteiger partial charge in [-0.3, -0.25) is 4.79 Å². The fourth-order valence-electron chi connectivity index (χ4n) is 2.77. The molecule has 1 heterocycles. The molecule has 0 bridgehead atoms. The Kier molecular flexibility index (Phi) is 5.36. The number of aromatic nitrogens is 1.